The molecule has 0 aliphatic rings. The summed E-state index contributed by atoms with van der Waals surface area (Å²) in [6, 6.07) is 4.49. The Hall–Kier alpha value is -2.04. The molecule has 74 valence electrons. The second kappa shape index (κ2) is 4.27. The maximum atomic E-state index is 10.0. The number of ether oxygens (including phenoxy) is 1. The van der Waals surface area contributed by atoms with E-state index in [9.17, 15) is 15.2 Å². The summed E-state index contributed by atoms with van der Waals surface area (Å²) >= 11 is 0. The highest BCUT2D eigenvalue weighted by Crippen LogP contribution is 2.23. The van der Waals surface area contributed by atoms with Crippen LogP contribution in [0.4, 0.5) is 0 Å². The summed E-state index contributed by atoms with van der Waals surface area (Å²) in [7, 11) is 1.48. The van der Waals surface area contributed by atoms with Crippen LogP contribution in [0, 0.1) is 10.1 Å². The molecule has 0 radical (unpaired) electrons. The molecule has 0 aliphatic heterocycles. The molecule has 0 aliphatic carbocycles. The maximum Gasteiger partial charge on any atom is 0.235 e. The molecular weight excluding hydrogens is 186 g/mol. The molecule has 0 atom stereocenters. The molecule has 0 bridgehead atoms. The van der Waals surface area contributed by atoms with Gasteiger partial charge >= 0.3 is 0 Å². The van der Waals surface area contributed by atoms with E-state index in [-0.39, 0.29) is 5.75 Å². The summed E-state index contributed by atoms with van der Waals surface area (Å²) in [5.74, 6) is 0.509. The predicted octanol–water partition coefficient (Wildman–Crippen LogP) is 1.65. The number of aromatic hydroxyl groups is 1. The predicted molar refractivity (Wildman–Crippen MR) is 50.7 cm³/mol. The van der Waals surface area contributed by atoms with Crippen LogP contribution in [0.15, 0.2) is 24.4 Å². The molecule has 1 aromatic carbocycles. The Morgan fingerprint density at radius 3 is 2.86 bits per heavy atom. The number of nitro groups is 1. The van der Waals surface area contributed by atoms with Crippen molar-refractivity contribution in [3.05, 3.63) is 40.1 Å². The van der Waals surface area contributed by atoms with E-state index in [1.54, 1.807) is 6.07 Å². The summed E-state index contributed by atoms with van der Waals surface area (Å²) < 4.78 is 4.90. The zero-order valence-corrected chi connectivity index (χ0v) is 7.51. The van der Waals surface area contributed by atoms with Crippen LogP contribution in [0.5, 0.6) is 11.5 Å². The van der Waals surface area contributed by atoms with Crippen molar-refractivity contribution in [2.24, 2.45) is 0 Å². The van der Waals surface area contributed by atoms with Crippen LogP contribution in [-0.2, 0) is 0 Å². The van der Waals surface area contributed by atoms with Crippen molar-refractivity contribution in [3.8, 4) is 11.5 Å². The van der Waals surface area contributed by atoms with Crippen molar-refractivity contribution in [1.29, 1.82) is 0 Å². The Balaban J connectivity index is 3.00. The van der Waals surface area contributed by atoms with E-state index < -0.39 is 4.92 Å². The smallest absolute Gasteiger partial charge is 0.235 e. The molecule has 0 unspecified atom stereocenters. The minimum Gasteiger partial charge on any atom is -0.507 e. The molecule has 5 heteroatoms. The van der Waals surface area contributed by atoms with Gasteiger partial charge in [0.25, 0.3) is 0 Å². The van der Waals surface area contributed by atoms with Crippen LogP contribution >= 0.6 is 0 Å². The number of phenolic OH excluding ortho intramolecular Hbond substituents is 1. The molecule has 0 heterocycles. The zero-order valence-electron chi connectivity index (χ0n) is 7.51. The Bertz CT molecular complexity index is 373. The Kier molecular flexibility index (Phi) is 3.06. The fourth-order valence-electron chi connectivity index (χ4n) is 0.934. The molecule has 1 rings (SSSR count). The Labute approximate surface area is 80.4 Å². The highest BCUT2D eigenvalue weighted by Gasteiger charge is 2.00. The van der Waals surface area contributed by atoms with Crippen LogP contribution in [0.2, 0.25) is 0 Å². The van der Waals surface area contributed by atoms with Crippen LogP contribution < -0.4 is 4.74 Å². The zero-order chi connectivity index (χ0) is 10.6. The van der Waals surface area contributed by atoms with Crippen LogP contribution in [0.25, 0.3) is 6.08 Å². The SMILES string of the molecule is COc1ccc(O)c(/C=C/[N+](=O)[O-])c1. The van der Waals surface area contributed by atoms with Gasteiger partial charge in [-0.15, -0.1) is 0 Å². The van der Waals surface area contributed by atoms with E-state index in [1.807, 2.05) is 0 Å². The molecule has 0 saturated carbocycles. The number of rotatable bonds is 3. The molecule has 1 N–H and O–H groups in total. The average molecular weight is 195 g/mol. The van der Waals surface area contributed by atoms with Gasteiger partial charge in [-0.05, 0) is 18.2 Å². The molecule has 0 spiro atoms. The lowest BCUT2D eigenvalue weighted by molar-refractivity contribution is -0.400. The molecule has 5 nitrogen and oxygen atoms in total. The highest BCUT2D eigenvalue weighted by atomic mass is 16.6. The third-order valence-corrected chi connectivity index (χ3v) is 1.61. The van der Waals surface area contributed by atoms with Crippen molar-refractivity contribution >= 4 is 6.08 Å². The largest absolute Gasteiger partial charge is 0.507 e. The Morgan fingerprint density at radius 2 is 2.29 bits per heavy atom. The monoisotopic (exact) mass is 195 g/mol. The molecule has 0 aromatic heterocycles. The third kappa shape index (κ3) is 2.48. The summed E-state index contributed by atoms with van der Waals surface area (Å²) in [4.78, 5) is 9.45. The van der Waals surface area contributed by atoms with E-state index in [1.165, 1.54) is 25.3 Å². The normalized spacial score (nSPS) is 10.4. The first-order valence-electron chi connectivity index (χ1n) is 3.82. The van der Waals surface area contributed by atoms with Gasteiger partial charge in [0.05, 0.1) is 12.0 Å². The van der Waals surface area contributed by atoms with Gasteiger partial charge in [0.2, 0.25) is 6.20 Å². The van der Waals surface area contributed by atoms with Crippen LogP contribution in [0.3, 0.4) is 0 Å². The summed E-state index contributed by atoms with van der Waals surface area (Å²) in [6.07, 6.45) is 1.96. The molecular formula is C9H9NO4. The standard InChI is InChI=1S/C9H9NO4/c1-14-8-2-3-9(11)7(6-8)4-5-10(12)13/h2-6,11H,1H3/b5-4+. The third-order valence-electron chi connectivity index (χ3n) is 1.61. The molecule has 1 aromatic rings. The van der Waals surface area contributed by atoms with Crippen molar-refractivity contribution in [1.82, 2.24) is 0 Å². The second-order valence-electron chi connectivity index (χ2n) is 2.53. The summed E-state index contributed by atoms with van der Waals surface area (Å²) in [6.45, 7) is 0. The van der Waals surface area contributed by atoms with Gasteiger partial charge in [-0.25, -0.2) is 0 Å². The number of phenols is 1. The average Bonchev–Trinajstić information content (AvgIpc) is 2.16. The van der Waals surface area contributed by atoms with Gasteiger partial charge < -0.3 is 9.84 Å². The number of hydrogen-bond donors (Lipinski definition) is 1. The fourth-order valence-corrected chi connectivity index (χ4v) is 0.934. The Morgan fingerprint density at radius 1 is 1.57 bits per heavy atom. The van der Waals surface area contributed by atoms with Crippen LogP contribution in [-0.4, -0.2) is 17.1 Å². The molecule has 14 heavy (non-hydrogen) atoms. The van der Waals surface area contributed by atoms with Gasteiger partial charge in [-0.2, -0.15) is 0 Å². The van der Waals surface area contributed by atoms with Gasteiger partial charge in [-0.1, -0.05) is 0 Å². The lowest BCUT2D eigenvalue weighted by Gasteiger charge is -2.01. The lowest BCUT2D eigenvalue weighted by atomic mass is 10.2. The van der Waals surface area contributed by atoms with E-state index in [0.717, 1.165) is 6.20 Å². The minimum absolute atomic E-state index is 0.0242. The lowest BCUT2D eigenvalue weighted by Crippen LogP contribution is -1.85. The number of hydrogen-bond acceptors (Lipinski definition) is 4. The highest BCUT2D eigenvalue weighted by molar-refractivity contribution is 5.58. The first kappa shape index (κ1) is 10.0. The van der Waals surface area contributed by atoms with Gasteiger partial charge in [0.1, 0.15) is 11.5 Å². The van der Waals surface area contributed by atoms with E-state index in [4.69, 9.17) is 4.74 Å². The second-order valence-corrected chi connectivity index (χ2v) is 2.53. The summed E-state index contributed by atoms with van der Waals surface area (Å²) in [5, 5.41) is 19.4. The quantitative estimate of drug-likeness (QED) is 0.587. The van der Waals surface area contributed by atoms with Crippen molar-refractivity contribution in [2.75, 3.05) is 7.11 Å². The molecule has 0 saturated heterocycles. The van der Waals surface area contributed by atoms with Gasteiger partial charge in [0, 0.05) is 11.6 Å². The van der Waals surface area contributed by atoms with Gasteiger partial charge in [0.15, 0.2) is 0 Å². The van der Waals surface area contributed by atoms with Crippen molar-refractivity contribution in [3.63, 3.8) is 0 Å². The number of methoxy groups -OCH3 is 1. The first-order valence-corrected chi connectivity index (χ1v) is 3.82. The maximum absolute atomic E-state index is 10.0. The first-order chi connectivity index (χ1) is 6.63. The fraction of sp³-hybridized carbons (Fsp3) is 0.111. The van der Waals surface area contributed by atoms with Crippen LogP contribution in [0.1, 0.15) is 5.56 Å². The van der Waals surface area contributed by atoms with E-state index >= 15 is 0 Å². The van der Waals surface area contributed by atoms with Gasteiger partial charge in [-0.3, -0.25) is 10.1 Å². The molecule has 0 amide bonds. The minimum atomic E-state index is -0.598. The summed E-state index contributed by atoms with van der Waals surface area (Å²) in [5.41, 5.74) is 0.348. The number of benzene rings is 1. The number of nitrogens with zero attached hydrogens (tertiary/aromatic N) is 1. The van der Waals surface area contributed by atoms with E-state index in [0.29, 0.717) is 11.3 Å². The van der Waals surface area contributed by atoms with Crippen molar-refractivity contribution < 1.29 is 14.8 Å². The van der Waals surface area contributed by atoms with Crippen molar-refractivity contribution in [2.45, 2.75) is 0 Å². The topological polar surface area (TPSA) is 72.6 Å². The molecule has 0 fully saturated rings. The van der Waals surface area contributed by atoms with E-state index in [2.05, 4.69) is 0 Å².